The molecule has 0 aromatic heterocycles. The van der Waals surface area contributed by atoms with E-state index in [1.165, 1.54) is 44.2 Å². The van der Waals surface area contributed by atoms with Gasteiger partial charge >= 0.3 is 0 Å². The van der Waals surface area contributed by atoms with Gasteiger partial charge in [-0.1, -0.05) is 42.4 Å². The van der Waals surface area contributed by atoms with E-state index >= 15 is 0 Å². The minimum absolute atomic E-state index is 0.410. The van der Waals surface area contributed by atoms with Crippen molar-refractivity contribution < 1.29 is 0 Å². The monoisotopic (exact) mass is 308 g/mol. The van der Waals surface area contributed by atoms with Crippen molar-refractivity contribution in [3.63, 3.8) is 0 Å². The molecule has 2 fully saturated rings. The predicted octanol–water partition coefficient (Wildman–Crippen LogP) is 3.74. The minimum Gasteiger partial charge on any atom is -0.389 e. The van der Waals surface area contributed by atoms with E-state index in [0.29, 0.717) is 4.99 Å². The van der Waals surface area contributed by atoms with Crippen molar-refractivity contribution in [2.75, 3.05) is 6.54 Å². The zero-order valence-corrected chi connectivity index (χ0v) is 13.2. The molecule has 0 radical (unpaired) electrons. The van der Waals surface area contributed by atoms with Gasteiger partial charge < -0.3 is 5.73 Å². The lowest BCUT2D eigenvalue weighted by atomic mass is 9.91. The van der Waals surface area contributed by atoms with E-state index in [1.54, 1.807) is 0 Å². The molecule has 3 rings (SSSR count). The van der Waals surface area contributed by atoms with Gasteiger partial charge in [-0.2, -0.15) is 0 Å². The summed E-state index contributed by atoms with van der Waals surface area (Å²) in [6, 6.07) is 6.74. The number of rotatable bonds is 3. The van der Waals surface area contributed by atoms with E-state index < -0.39 is 0 Å². The van der Waals surface area contributed by atoms with Gasteiger partial charge in [0.2, 0.25) is 0 Å². The van der Waals surface area contributed by atoms with Crippen LogP contribution in [0.15, 0.2) is 18.2 Å². The average molecular weight is 309 g/mol. The molecule has 2 nitrogen and oxygen atoms in total. The summed E-state index contributed by atoms with van der Waals surface area (Å²) in [5, 5.41) is 0.787. The number of fused-ring (bicyclic) bond motifs is 1. The van der Waals surface area contributed by atoms with Gasteiger partial charge in [0.1, 0.15) is 4.99 Å². The van der Waals surface area contributed by atoms with Crippen LogP contribution in [-0.2, 0) is 6.54 Å². The van der Waals surface area contributed by atoms with Crippen LogP contribution in [0, 0.1) is 5.92 Å². The lowest BCUT2D eigenvalue weighted by Crippen LogP contribution is -2.41. The molecule has 1 saturated heterocycles. The number of nitrogens with zero attached hydrogens (tertiary/aromatic N) is 1. The van der Waals surface area contributed by atoms with Crippen LogP contribution >= 0.6 is 23.8 Å². The molecule has 0 spiro atoms. The fourth-order valence-electron chi connectivity index (χ4n) is 3.80. The standard InChI is InChI=1S/C16H21ClN2S/c17-14-9-12(16(18)20)6-7-13(14)10-19-8-2-4-11-3-1-5-15(11)19/h6-7,9,11,15H,1-5,8,10H2,(H2,18,20). The van der Waals surface area contributed by atoms with Crippen LogP contribution in [0.2, 0.25) is 5.02 Å². The Bertz CT molecular complexity index is 517. The summed E-state index contributed by atoms with van der Waals surface area (Å²) in [4.78, 5) is 3.04. The second-order valence-electron chi connectivity index (χ2n) is 6.04. The van der Waals surface area contributed by atoms with Crippen molar-refractivity contribution in [2.24, 2.45) is 11.7 Å². The highest BCUT2D eigenvalue weighted by Gasteiger charge is 2.34. The van der Waals surface area contributed by atoms with Crippen LogP contribution in [0.1, 0.15) is 43.2 Å². The molecule has 2 aliphatic rings. The number of thiocarbonyl (C=S) groups is 1. The van der Waals surface area contributed by atoms with E-state index in [-0.39, 0.29) is 0 Å². The number of halogens is 1. The van der Waals surface area contributed by atoms with Gasteiger partial charge in [0.05, 0.1) is 0 Å². The largest absolute Gasteiger partial charge is 0.389 e. The molecule has 1 aromatic carbocycles. The summed E-state index contributed by atoms with van der Waals surface area (Å²) in [5.74, 6) is 0.915. The number of likely N-dealkylation sites (tertiary alicyclic amines) is 1. The molecule has 2 unspecified atom stereocenters. The van der Waals surface area contributed by atoms with Gasteiger partial charge in [0, 0.05) is 23.2 Å². The van der Waals surface area contributed by atoms with Crippen LogP contribution in [0.4, 0.5) is 0 Å². The third-order valence-electron chi connectivity index (χ3n) is 4.82. The fraction of sp³-hybridized carbons (Fsp3) is 0.562. The quantitative estimate of drug-likeness (QED) is 0.863. The van der Waals surface area contributed by atoms with Crippen molar-refractivity contribution >= 4 is 28.8 Å². The molecule has 1 heterocycles. The highest BCUT2D eigenvalue weighted by molar-refractivity contribution is 7.80. The first-order valence-electron chi connectivity index (χ1n) is 7.47. The van der Waals surface area contributed by atoms with Crippen LogP contribution in [0.3, 0.4) is 0 Å². The molecule has 2 atom stereocenters. The molecule has 108 valence electrons. The molecule has 0 amide bonds. The second kappa shape index (κ2) is 6.00. The van der Waals surface area contributed by atoms with Gasteiger partial charge in [0.25, 0.3) is 0 Å². The Morgan fingerprint density at radius 2 is 2.10 bits per heavy atom. The Labute approximate surface area is 131 Å². The maximum Gasteiger partial charge on any atom is 0.104 e. The highest BCUT2D eigenvalue weighted by Crippen LogP contribution is 2.37. The summed E-state index contributed by atoms with van der Waals surface area (Å²) in [7, 11) is 0. The summed E-state index contributed by atoms with van der Waals surface area (Å²) in [6.45, 7) is 2.16. The topological polar surface area (TPSA) is 29.3 Å². The molecular weight excluding hydrogens is 288 g/mol. The number of hydrogen-bond acceptors (Lipinski definition) is 2. The average Bonchev–Trinajstić information content (AvgIpc) is 2.90. The number of hydrogen-bond donors (Lipinski definition) is 1. The van der Waals surface area contributed by atoms with E-state index in [9.17, 15) is 0 Å². The molecular formula is C16H21ClN2S. The van der Waals surface area contributed by atoms with Gasteiger partial charge in [0.15, 0.2) is 0 Å². The summed E-state index contributed by atoms with van der Waals surface area (Å²) in [5.41, 5.74) is 7.70. The summed E-state index contributed by atoms with van der Waals surface area (Å²) in [6.07, 6.45) is 6.89. The molecule has 1 saturated carbocycles. The van der Waals surface area contributed by atoms with Gasteiger partial charge in [-0.05, 0) is 49.8 Å². The smallest absolute Gasteiger partial charge is 0.104 e. The van der Waals surface area contributed by atoms with Gasteiger partial charge in [-0.15, -0.1) is 0 Å². The minimum atomic E-state index is 0.410. The van der Waals surface area contributed by atoms with E-state index in [4.69, 9.17) is 29.6 Å². The highest BCUT2D eigenvalue weighted by atomic mass is 35.5. The zero-order valence-electron chi connectivity index (χ0n) is 11.6. The third-order valence-corrected chi connectivity index (χ3v) is 5.41. The first-order valence-corrected chi connectivity index (χ1v) is 8.26. The van der Waals surface area contributed by atoms with Crippen molar-refractivity contribution in [3.05, 3.63) is 34.3 Å². The molecule has 0 bridgehead atoms. The molecule has 1 aliphatic carbocycles. The van der Waals surface area contributed by atoms with Crippen molar-refractivity contribution in [1.82, 2.24) is 4.90 Å². The molecule has 1 aromatic rings. The van der Waals surface area contributed by atoms with Crippen molar-refractivity contribution in [3.8, 4) is 0 Å². The van der Waals surface area contributed by atoms with E-state index in [2.05, 4.69) is 11.0 Å². The second-order valence-corrected chi connectivity index (χ2v) is 6.89. The molecule has 4 heteroatoms. The van der Waals surface area contributed by atoms with Gasteiger partial charge in [-0.25, -0.2) is 0 Å². The summed E-state index contributed by atoms with van der Waals surface area (Å²) >= 11 is 11.4. The number of nitrogens with two attached hydrogens (primary N) is 1. The van der Waals surface area contributed by atoms with Crippen molar-refractivity contribution in [2.45, 2.75) is 44.7 Å². The van der Waals surface area contributed by atoms with Gasteiger partial charge in [-0.3, -0.25) is 4.90 Å². The molecule has 20 heavy (non-hydrogen) atoms. The number of piperidine rings is 1. The van der Waals surface area contributed by atoms with E-state index in [1.807, 2.05) is 12.1 Å². The first kappa shape index (κ1) is 14.3. The molecule has 1 aliphatic heterocycles. The maximum absolute atomic E-state index is 6.39. The van der Waals surface area contributed by atoms with Crippen LogP contribution in [-0.4, -0.2) is 22.5 Å². The maximum atomic E-state index is 6.39. The summed E-state index contributed by atoms with van der Waals surface area (Å²) < 4.78 is 0. The number of benzene rings is 1. The van der Waals surface area contributed by atoms with E-state index in [0.717, 1.165) is 29.1 Å². The first-order chi connectivity index (χ1) is 9.65. The fourth-order valence-corrected chi connectivity index (χ4v) is 4.17. The Hall–Kier alpha value is -0.640. The van der Waals surface area contributed by atoms with Crippen LogP contribution in [0.25, 0.3) is 0 Å². The normalized spacial score (nSPS) is 26.4. The lowest BCUT2D eigenvalue weighted by molar-refractivity contribution is 0.106. The molecule has 2 N–H and O–H groups in total. The zero-order chi connectivity index (χ0) is 14.1. The SMILES string of the molecule is NC(=S)c1ccc(CN2CCCC3CCCC32)c(Cl)c1. The lowest BCUT2D eigenvalue weighted by Gasteiger charge is -2.38. The Morgan fingerprint density at radius 3 is 2.85 bits per heavy atom. The van der Waals surface area contributed by atoms with Crippen molar-refractivity contribution in [1.29, 1.82) is 0 Å². The Morgan fingerprint density at radius 1 is 1.30 bits per heavy atom. The Kier molecular flexibility index (Phi) is 4.29. The van der Waals surface area contributed by atoms with Crippen LogP contribution in [0.5, 0.6) is 0 Å². The predicted molar refractivity (Wildman–Crippen MR) is 88.1 cm³/mol. The Balaban J connectivity index is 1.75. The van der Waals surface area contributed by atoms with Crippen LogP contribution < -0.4 is 5.73 Å². The third kappa shape index (κ3) is 2.85.